The third-order valence-corrected chi connectivity index (χ3v) is 4.97. The standard InChI is InChI=1S/C11H21N3O3S/c1-4-10(2)13(3)18(16,17)11-8-12-14(9-11)6-5-7-15/h8-10,15H,4-7H2,1-3H3. The number of aliphatic hydroxyl groups excluding tert-OH is 1. The molecular weight excluding hydrogens is 254 g/mol. The summed E-state index contributed by atoms with van der Waals surface area (Å²) in [5, 5.41) is 12.7. The van der Waals surface area contributed by atoms with E-state index in [4.69, 9.17) is 5.11 Å². The highest BCUT2D eigenvalue weighted by molar-refractivity contribution is 7.89. The van der Waals surface area contributed by atoms with Crippen molar-refractivity contribution in [3.05, 3.63) is 12.4 Å². The van der Waals surface area contributed by atoms with Crippen molar-refractivity contribution in [1.29, 1.82) is 0 Å². The summed E-state index contributed by atoms with van der Waals surface area (Å²) in [6.07, 6.45) is 4.17. The Labute approximate surface area is 108 Å². The van der Waals surface area contributed by atoms with Gasteiger partial charge in [-0.3, -0.25) is 4.68 Å². The van der Waals surface area contributed by atoms with Gasteiger partial charge in [-0.2, -0.15) is 9.40 Å². The quantitative estimate of drug-likeness (QED) is 0.794. The van der Waals surface area contributed by atoms with Crippen LogP contribution < -0.4 is 0 Å². The molecule has 0 aliphatic carbocycles. The highest BCUT2D eigenvalue weighted by Gasteiger charge is 2.25. The van der Waals surface area contributed by atoms with Gasteiger partial charge in [0.25, 0.3) is 0 Å². The van der Waals surface area contributed by atoms with Crippen LogP contribution in [0.15, 0.2) is 17.3 Å². The first-order valence-corrected chi connectivity index (χ1v) is 7.48. The lowest BCUT2D eigenvalue weighted by Gasteiger charge is -2.22. The third kappa shape index (κ3) is 3.30. The van der Waals surface area contributed by atoms with E-state index < -0.39 is 10.0 Å². The molecule has 1 unspecified atom stereocenters. The van der Waals surface area contributed by atoms with E-state index in [0.29, 0.717) is 13.0 Å². The Morgan fingerprint density at radius 1 is 1.56 bits per heavy atom. The minimum absolute atomic E-state index is 0.0456. The van der Waals surface area contributed by atoms with E-state index in [2.05, 4.69) is 5.10 Å². The third-order valence-electron chi connectivity index (χ3n) is 3.04. The van der Waals surface area contributed by atoms with Crippen molar-refractivity contribution in [1.82, 2.24) is 14.1 Å². The first-order valence-electron chi connectivity index (χ1n) is 6.04. The van der Waals surface area contributed by atoms with E-state index in [1.165, 1.54) is 21.4 Å². The highest BCUT2D eigenvalue weighted by Crippen LogP contribution is 2.17. The zero-order valence-electron chi connectivity index (χ0n) is 11.1. The van der Waals surface area contributed by atoms with Crippen LogP contribution in [0.3, 0.4) is 0 Å². The SMILES string of the molecule is CCC(C)N(C)S(=O)(=O)c1cnn(CCCO)c1. The van der Waals surface area contributed by atoms with Gasteiger partial charge >= 0.3 is 0 Å². The van der Waals surface area contributed by atoms with Gasteiger partial charge in [-0.15, -0.1) is 0 Å². The lowest BCUT2D eigenvalue weighted by molar-refractivity contribution is 0.277. The Kier molecular flexibility index (Phi) is 5.30. The fraction of sp³-hybridized carbons (Fsp3) is 0.727. The Balaban J connectivity index is 2.88. The van der Waals surface area contributed by atoms with Crippen molar-refractivity contribution in [2.75, 3.05) is 13.7 Å². The van der Waals surface area contributed by atoms with Gasteiger partial charge in [-0.25, -0.2) is 8.42 Å². The number of sulfonamides is 1. The maximum absolute atomic E-state index is 12.2. The molecule has 1 heterocycles. The van der Waals surface area contributed by atoms with Crippen molar-refractivity contribution in [2.24, 2.45) is 0 Å². The van der Waals surface area contributed by atoms with Gasteiger partial charge in [0.05, 0.1) is 6.20 Å². The second-order valence-electron chi connectivity index (χ2n) is 4.29. The smallest absolute Gasteiger partial charge is 0.246 e. The number of nitrogens with zero attached hydrogens (tertiary/aromatic N) is 3. The molecule has 7 heteroatoms. The van der Waals surface area contributed by atoms with Crippen LogP contribution in [-0.4, -0.2) is 47.3 Å². The van der Waals surface area contributed by atoms with Crippen LogP contribution >= 0.6 is 0 Å². The fourth-order valence-electron chi connectivity index (χ4n) is 1.49. The van der Waals surface area contributed by atoms with Gasteiger partial charge in [0.2, 0.25) is 10.0 Å². The van der Waals surface area contributed by atoms with Gasteiger partial charge in [0.1, 0.15) is 4.90 Å². The zero-order chi connectivity index (χ0) is 13.8. The maximum Gasteiger partial charge on any atom is 0.246 e. The number of hydrogen-bond donors (Lipinski definition) is 1. The summed E-state index contributed by atoms with van der Waals surface area (Å²) in [6.45, 7) is 4.39. The van der Waals surface area contributed by atoms with Gasteiger partial charge in [-0.05, 0) is 19.8 Å². The topological polar surface area (TPSA) is 75.4 Å². The second-order valence-corrected chi connectivity index (χ2v) is 6.29. The Morgan fingerprint density at radius 3 is 2.78 bits per heavy atom. The second kappa shape index (κ2) is 6.31. The number of aryl methyl sites for hydroxylation is 1. The van der Waals surface area contributed by atoms with E-state index in [0.717, 1.165) is 6.42 Å². The molecule has 1 atom stereocenters. The summed E-state index contributed by atoms with van der Waals surface area (Å²) in [7, 11) is -1.89. The molecule has 0 spiro atoms. The Bertz CT molecular complexity index is 470. The normalized spacial score (nSPS) is 14.1. The van der Waals surface area contributed by atoms with Crippen molar-refractivity contribution in [3.8, 4) is 0 Å². The average molecular weight is 275 g/mol. The van der Waals surface area contributed by atoms with E-state index in [9.17, 15) is 8.42 Å². The van der Waals surface area contributed by atoms with E-state index in [-0.39, 0.29) is 17.5 Å². The molecule has 18 heavy (non-hydrogen) atoms. The molecule has 0 aromatic carbocycles. The number of hydrogen-bond acceptors (Lipinski definition) is 4. The summed E-state index contributed by atoms with van der Waals surface area (Å²) in [6, 6.07) is -0.0456. The molecule has 1 aromatic rings. The summed E-state index contributed by atoms with van der Waals surface area (Å²) in [5.41, 5.74) is 0. The monoisotopic (exact) mass is 275 g/mol. The predicted molar refractivity (Wildman–Crippen MR) is 68.6 cm³/mol. The molecule has 0 radical (unpaired) electrons. The Morgan fingerprint density at radius 2 is 2.22 bits per heavy atom. The minimum atomic E-state index is -3.47. The summed E-state index contributed by atoms with van der Waals surface area (Å²) in [5.74, 6) is 0. The predicted octanol–water partition coefficient (Wildman–Crippen LogP) is 0.684. The van der Waals surface area contributed by atoms with E-state index >= 15 is 0 Å². The highest BCUT2D eigenvalue weighted by atomic mass is 32.2. The first kappa shape index (κ1) is 15.1. The first-order chi connectivity index (χ1) is 8.43. The van der Waals surface area contributed by atoms with E-state index in [1.54, 1.807) is 7.05 Å². The van der Waals surface area contributed by atoms with Crippen molar-refractivity contribution in [3.63, 3.8) is 0 Å². The van der Waals surface area contributed by atoms with Gasteiger partial charge < -0.3 is 5.11 Å². The molecule has 0 aliphatic heterocycles. The molecule has 0 saturated carbocycles. The zero-order valence-corrected chi connectivity index (χ0v) is 11.9. The Hall–Kier alpha value is -0.920. The molecule has 0 bridgehead atoms. The summed E-state index contributed by atoms with van der Waals surface area (Å²) in [4.78, 5) is 0.197. The molecule has 104 valence electrons. The minimum Gasteiger partial charge on any atom is -0.396 e. The number of aliphatic hydroxyl groups is 1. The fourth-order valence-corrected chi connectivity index (χ4v) is 2.88. The molecule has 1 N–H and O–H groups in total. The maximum atomic E-state index is 12.2. The summed E-state index contributed by atoms with van der Waals surface area (Å²) < 4.78 is 27.4. The molecule has 1 aromatic heterocycles. The number of rotatable bonds is 7. The van der Waals surface area contributed by atoms with Crippen LogP contribution in [0.1, 0.15) is 26.7 Å². The van der Waals surface area contributed by atoms with Gasteiger partial charge in [-0.1, -0.05) is 6.92 Å². The molecule has 0 saturated heterocycles. The van der Waals surface area contributed by atoms with Crippen molar-refractivity contribution >= 4 is 10.0 Å². The lowest BCUT2D eigenvalue weighted by Crippen LogP contribution is -2.34. The molecule has 1 rings (SSSR count). The number of aromatic nitrogens is 2. The van der Waals surface area contributed by atoms with Crippen LogP contribution in [0.4, 0.5) is 0 Å². The molecule has 6 nitrogen and oxygen atoms in total. The van der Waals surface area contributed by atoms with Crippen molar-refractivity contribution in [2.45, 2.75) is 44.2 Å². The average Bonchev–Trinajstić information content (AvgIpc) is 2.83. The summed E-state index contributed by atoms with van der Waals surface area (Å²) >= 11 is 0. The largest absolute Gasteiger partial charge is 0.396 e. The van der Waals surface area contributed by atoms with Crippen LogP contribution in [0, 0.1) is 0 Å². The van der Waals surface area contributed by atoms with Crippen molar-refractivity contribution < 1.29 is 13.5 Å². The van der Waals surface area contributed by atoms with E-state index in [1.807, 2.05) is 13.8 Å². The van der Waals surface area contributed by atoms with Gasteiger partial charge in [0.15, 0.2) is 0 Å². The van der Waals surface area contributed by atoms with Crippen LogP contribution in [0.2, 0.25) is 0 Å². The van der Waals surface area contributed by atoms with Gasteiger partial charge in [0, 0.05) is 32.4 Å². The van der Waals surface area contributed by atoms with Crippen LogP contribution in [-0.2, 0) is 16.6 Å². The molecule has 0 amide bonds. The van der Waals surface area contributed by atoms with Crippen LogP contribution in [0.5, 0.6) is 0 Å². The lowest BCUT2D eigenvalue weighted by atomic mass is 10.3. The molecule has 0 fully saturated rings. The molecule has 0 aliphatic rings. The van der Waals surface area contributed by atoms with Crippen LogP contribution in [0.25, 0.3) is 0 Å². The molecular formula is C11H21N3O3S.